The molecule has 0 aliphatic carbocycles. The van der Waals surface area contributed by atoms with Crippen LogP contribution >= 0.6 is 11.6 Å². The molecule has 1 amide bonds. The van der Waals surface area contributed by atoms with Crippen molar-refractivity contribution in [1.82, 2.24) is 15.5 Å². The van der Waals surface area contributed by atoms with E-state index in [1.165, 1.54) is 0 Å². The van der Waals surface area contributed by atoms with Gasteiger partial charge in [0, 0.05) is 16.1 Å². The van der Waals surface area contributed by atoms with Crippen LogP contribution in [0.2, 0.25) is 0 Å². The highest BCUT2D eigenvalue weighted by molar-refractivity contribution is 6.29. The fraction of sp³-hybridized carbons (Fsp3) is 0.0909. The summed E-state index contributed by atoms with van der Waals surface area (Å²) in [6.07, 6.45) is 0. The van der Waals surface area contributed by atoms with Crippen LogP contribution in [0.5, 0.6) is 0 Å². The van der Waals surface area contributed by atoms with Gasteiger partial charge < -0.3 is 11.1 Å². The summed E-state index contributed by atoms with van der Waals surface area (Å²) in [6, 6.07) is 5.21. The molecule has 0 saturated heterocycles. The minimum Gasteiger partial charge on any atom is -0.399 e. The molecule has 0 bridgehead atoms. The topological polar surface area (TPSA) is 83.8 Å². The van der Waals surface area contributed by atoms with Crippen molar-refractivity contribution in [3.05, 3.63) is 35.5 Å². The maximum absolute atomic E-state index is 11.8. The number of amides is 1. The molecular weight excluding hydrogens is 240 g/mol. The first-order valence-electron chi connectivity index (χ1n) is 4.93. The summed E-state index contributed by atoms with van der Waals surface area (Å²) >= 11 is 5.57. The van der Waals surface area contributed by atoms with Gasteiger partial charge in [-0.15, -0.1) is 0 Å². The number of benzene rings is 1. The smallest absolute Gasteiger partial charge is 0.272 e. The van der Waals surface area contributed by atoms with Gasteiger partial charge in [-0.1, -0.05) is 18.2 Å². The molecule has 1 aromatic heterocycles. The third kappa shape index (κ3) is 2.39. The standard InChI is InChI=1S/C11H11ClN4O/c1-6(12)5-14-11(17)10-8-4-7(13)2-3-9(8)15-16-10/h2-4H,1,5,13H2,(H,14,17)(H,15,16). The Balaban J connectivity index is 2.32. The summed E-state index contributed by atoms with van der Waals surface area (Å²) < 4.78 is 0. The monoisotopic (exact) mass is 250 g/mol. The molecule has 4 N–H and O–H groups in total. The van der Waals surface area contributed by atoms with Gasteiger partial charge in [0.15, 0.2) is 5.69 Å². The van der Waals surface area contributed by atoms with Crippen molar-refractivity contribution in [1.29, 1.82) is 0 Å². The number of nitrogens with zero attached hydrogens (tertiary/aromatic N) is 1. The summed E-state index contributed by atoms with van der Waals surface area (Å²) in [4.78, 5) is 11.8. The van der Waals surface area contributed by atoms with Crippen molar-refractivity contribution < 1.29 is 4.79 Å². The van der Waals surface area contributed by atoms with Crippen LogP contribution in [0.15, 0.2) is 29.8 Å². The average Bonchev–Trinajstić information content (AvgIpc) is 2.68. The number of nitrogen functional groups attached to an aromatic ring is 1. The average molecular weight is 251 g/mol. The van der Waals surface area contributed by atoms with Gasteiger partial charge in [0.05, 0.1) is 12.1 Å². The molecule has 0 aliphatic rings. The first kappa shape index (κ1) is 11.5. The third-order valence-electron chi connectivity index (χ3n) is 2.24. The lowest BCUT2D eigenvalue weighted by Gasteiger charge is -2.01. The van der Waals surface area contributed by atoms with E-state index in [0.717, 1.165) is 5.52 Å². The number of H-pyrrole nitrogens is 1. The normalized spacial score (nSPS) is 10.4. The number of hydrogen-bond acceptors (Lipinski definition) is 3. The zero-order valence-electron chi connectivity index (χ0n) is 8.96. The number of carbonyl (C=O) groups is 1. The highest BCUT2D eigenvalue weighted by Gasteiger charge is 2.13. The van der Waals surface area contributed by atoms with Crippen LogP contribution < -0.4 is 11.1 Å². The minimum atomic E-state index is -0.316. The highest BCUT2D eigenvalue weighted by atomic mass is 35.5. The molecule has 0 unspecified atom stereocenters. The van der Waals surface area contributed by atoms with Crippen LogP contribution in [-0.2, 0) is 0 Å². The van der Waals surface area contributed by atoms with Crippen LogP contribution in [0.1, 0.15) is 10.5 Å². The van der Waals surface area contributed by atoms with Gasteiger partial charge >= 0.3 is 0 Å². The third-order valence-corrected chi connectivity index (χ3v) is 2.38. The van der Waals surface area contributed by atoms with Crippen molar-refractivity contribution in [2.45, 2.75) is 0 Å². The van der Waals surface area contributed by atoms with Crippen LogP contribution in [0.4, 0.5) is 5.69 Å². The van der Waals surface area contributed by atoms with E-state index in [-0.39, 0.29) is 12.5 Å². The van der Waals surface area contributed by atoms with Crippen LogP contribution in [0.25, 0.3) is 10.9 Å². The molecule has 88 valence electrons. The zero-order chi connectivity index (χ0) is 12.4. The van der Waals surface area contributed by atoms with Crippen LogP contribution in [0, 0.1) is 0 Å². The number of nitrogens with one attached hydrogen (secondary N) is 2. The molecule has 0 aliphatic heterocycles. The maximum atomic E-state index is 11.8. The summed E-state index contributed by atoms with van der Waals surface area (Å²) in [5, 5.41) is 10.4. The van der Waals surface area contributed by atoms with E-state index in [9.17, 15) is 4.79 Å². The molecule has 0 fully saturated rings. The fourth-order valence-electron chi connectivity index (χ4n) is 1.46. The summed E-state index contributed by atoms with van der Waals surface area (Å²) in [5.74, 6) is -0.316. The Morgan fingerprint density at radius 1 is 1.59 bits per heavy atom. The number of anilines is 1. The molecule has 2 rings (SSSR count). The largest absolute Gasteiger partial charge is 0.399 e. The zero-order valence-corrected chi connectivity index (χ0v) is 9.71. The van der Waals surface area contributed by atoms with Crippen LogP contribution in [0.3, 0.4) is 0 Å². The van der Waals surface area contributed by atoms with E-state index in [1.807, 2.05) is 0 Å². The van der Waals surface area contributed by atoms with E-state index >= 15 is 0 Å². The Bertz CT molecular complexity index is 590. The van der Waals surface area contributed by atoms with E-state index in [0.29, 0.717) is 21.8 Å². The minimum absolute atomic E-state index is 0.205. The van der Waals surface area contributed by atoms with E-state index in [4.69, 9.17) is 17.3 Å². The first-order valence-corrected chi connectivity index (χ1v) is 5.31. The van der Waals surface area contributed by atoms with Gasteiger partial charge in [0.2, 0.25) is 0 Å². The lowest BCUT2D eigenvalue weighted by atomic mass is 10.2. The highest BCUT2D eigenvalue weighted by Crippen LogP contribution is 2.18. The van der Waals surface area contributed by atoms with Gasteiger partial charge in [0.25, 0.3) is 5.91 Å². The molecule has 5 nitrogen and oxygen atoms in total. The lowest BCUT2D eigenvalue weighted by Crippen LogP contribution is -2.25. The molecule has 0 spiro atoms. The predicted molar refractivity (Wildman–Crippen MR) is 67.8 cm³/mol. The molecule has 1 aromatic carbocycles. The Kier molecular flexibility index (Phi) is 3.01. The van der Waals surface area contributed by atoms with Gasteiger partial charge in [-0.05, 0) is 18.2 Å². The lowest BCUT2D eigenvalue weighted by molar-refractivity contribution is 0.0954. The maximum Gasteiger partial charge on any atom is 0.272 e. The van der Waals surface area contributed by atoms with Gasteiger partial charge in [-0.2, -0.15) is 5.10 Å². The van der Waals surface area contributed by atoms with Crippen molar-refractivity contribution in [3.8, 4) is 0 Å². The Hall–Kier alpha value is -2.01. The molecule has 0 saturated carbocycles. The molecular formula is C11H11ClN4O. The van der Waals surface area contributed by atoms with Gasteiger partial charge in [-0.3, -0.25) is 9.89 Å². The number of fused-ring (bicyclic) bond motifs is 1. The molecule has 17 heavy (non-hydrogen) atoms. The SMILES string of the molecule is C=C(Cl)CNC(=O)c1n[nH]c2ccc(N)cc12. The van der Waals surface area contributed by atoms with Crippen molar-refractivity contribution in [2.75, 3.05) is 12.3 Å². The van der Waals surface area contributed by atoms with Crippen molar-refractivity contribution in [3.63, 3.8) is 0 Å². The molecule has 0 radical (unpaired) electrons. The van der Waals surface area contributed by atoms with Gasteiger partial charge in [-0.25, -0.2) is 0 Å². The Labute approximate surface area is 103 Å². The molecule has 6 heteroatoms. The van der Waals surface area contributed by atoms with E-state index in [2.05, 4.69) is 22.1 Å². The number of carbonyl (C=O) groups excluding carboxylic acids is 1. The van der Waals surface area contributed by atoms with E-state index in [1.54, 1.807) is 18.2 Å². The summed E-state index contributed by atoms with van der Waals surface area (Å²) in [6.45, 7) is 3.69. The van der Waals surface area contributed by atoms with Crippen molar-refractivity contribution >= 4 is 34.1 Å². The predicted octanol–water partition coefficient (Wildman–Crippen LogP) is 1.63. The number of nitrogens with two attached hydrogens (primary N) is 1. The Morgan fingerprint density at radius 3 is 3.06 bits per heavy atom. The van der Waals surface area contributed by atoms with Crippen molar-refractivity contribution in [2.24, 2.45) is 0 Å². The fourth-order valence-corrected chi connectivity index (χ4v) is 1.53. The number of halogens is 1. The number of hydrogen-bond donors (Lipinski definition) is 3. The summed E-state index contributed by atoms with van der Waals surface area (Å²) in [7, 11) is 0. The molecule has 2 aromatic rings. The number of rotatable bonds is 3. The van der Waals surface area contributed by atoms with E-state index < -0.39 is 0 Å². The second-order valence-electron chi connectivity index (χ2n) is 3.58. The first-order chi connectivity index (χ1) is 8.08. The van der Waals surface area contributed by atoms with Gasteiger partial charge in [0.1, 0.15) is 0 Å². The van der Waals surface area contributed by atoms with Crippen LogP contribution in [-0.4, -0.2) is 22.6 Å². The second kappa shape index (κ2) is 4.47. The number of aromatic amines is 1. The number of aromatic nitrogens is 2. The quantitative estimate of drug-likeness (QED) is 0.724. The Morgan fingerprint density at radius 2 is 2.35 bits per heavy atom. The second-order valence-corrected chi connectivity index (χ2v) is 4.11. The molecule has 0 atom stereocenters. The molecule has 1 heterocycles. The summed E-state index contributed by atoms with van der Waals surface area (Å²) in [5.41, 5.74) is 7.30.